The molecule has 3 unspecified atom stereocenters. The zero-order chi connectivity index (χ0) is 26.9. The number of ether oxygens (including phenoxy) is 2. The second kappa shape index (κ2) is 10.7. The Labute approximate surface area is 213 Å². The number of nitrogens with zero attached hydrogens (tertiary/aromatic N) is 1. The highest BCUT2D eigenvalue weighted by Crippen LogP contribution is 2.40. The Balaban J connectivity index is 1.58. The zero-order valence-electron chi connectivity index (χ0n) is 20.2. The highest BCUT2D eigenvalue weighted by molar-refractivity contribution is 7.86. The number of carbonyl (C=O) groups is 2. The van der Waals surface area contributed by atoms with E-state index in [-0.39, 0.29) is 47.5 Å². The van der Waals surface area contributed by atoms with Crippen LogP contribution in [0.15, 0.2) is 35.2 Å². The van der Waals surface area contributed by atoms with Crippen molar-refractivity contribution in [1.82, 2.24) is 4.90 Å². The Bertz CT molecular complexity index is 1240. The number of benzene rings is 2. The summed E-state index contributed by atoms with van der Waals surface area (Å²) in [6.07, 6.45) is -3.77. The fourth-order valence-corrected chi connectivity index (χ4v) is 5.79. The molecule has 4 rings (SSSR count). The van der Waals surface area contributed by atoms with Crippen molar-refractivity contribution in [2.75, 3.05) is 31.5 Å². The van der Waals surface area contributed by atoms with Gasteiger partial charge in [0.15, 0.2) is 11.0 Å². The molecular weight excluding hydrogens is 516 g/mol. The standard InChI is InChI=1S/C25H26F4N2O5S/c1-14-8-10-36-22-18(14)4-5-19(21(22)23(32)35-2)30-37(34)20-6-3-17(26)12-16(20)11-15-7-9-31(13-15)24(33)25(27,28)29/h3-6,12,14-15,30H,7-11,13H2,1-2H3. The van der Waals surface area contributed by atoms with Crippen molar-refractivity contribution in [1.29, 1.82) is 0 Å². The van der Waals surface area contributed by atoms with Gasteiger partial charge >= 0.3 is 18.1 Å². The SMILES string of the molecule is COC(=O)c1c(NS(=O)c2ccc(F)cc2CC2CCN(C(=O)C(F)(F)F)C2)ccc2c1OCCC2C. The Morgan fingerprint density at radius 1 is 1.22 bits per heavy atom. The van der Waals surface area contributed by atoms with E-state index in [1.54, 1.807) is 12.1 Å². The van der Waals surface area contributed by atoms with Gasteiger partial charge < -0.3 is 19.1 Å². The fourth-order valence-electron chi connectivity index (χ4n) is 4.74. The number of amides is 1. The van der Waals surface area contributed by atoms with Crippen LogP contribution in [-0.4, -0.2) is 54.0 Å². The molecule has 7 nitrogen and oxygen atoms in total. The molecule has 0 saturated carbocycles. The van der Waals surface area contributed by atoms with E-state index in [0.717, 1.165) is 23.0 Å². The minimum atomic E-state index is -4.96. The summed E-state index contributed by atoms with van der Waals surface area (Å²) in [5.41, 5.74) is 1.46. The van der Waals surface area contributed by atoms with E-state index in [0.29, 0.717) is 24.3 Å². The third kappa shape index (κ3) is 5.73. The molecule has 0 aliphatic carbocycles. The second-order valence-corrected chi connectivity index (χ2v) is 10.3. The van der Waals surface area contributed by atoms with Crippen molar-refractivity contribution in [2.45, 2.75) is 43.2 Å². The highest BCUT2D eigenvalue weighted by Gasteiger charge is 2.44. The van der Waals surface area contributed by atoms with Gasteiger partial charge in [0.05, 0.1) is 24.3 Å². The Morgan fingerprint density at radius 2 is 1.97 bits per heavy atom. The highest BCUT2D eigenvalue weighted by atomic mass is 32.2. The zero-order valence-corrected chi connectivity index (χ0v) is 21.0. The van der Waals surface area contributed by atoms with Gasteiger partial charge in [-0.05, 0) is 66.5 Å². The molecular formula is C25H26F4N2O5S. The van der Waals surface area contributed by atoms with Crippen molar-refractivity contribution in [2.24, 2.45) is 5.92 Å². The molecule has 1 N–H and O–H groups in total. The lowest BCUT2D eigenvalue weighted by atomic mass is 9.92. The molecule has 0 aromatic heterocycles. The van der Waals surface area contributed by atoms with Crippen LogP contribution in [0.3, 0.4) is 0 Å². The van der Waals surface area contributed by atoms with Crippen LogP contribution in [0, 0.1) is 11.7 Å². The number of fused-ring (bicyclic) bond motifs is 1. The molecule has 37 heavy (non-hydrogen) atoms. The molecule has 12 heteroatoms. The number of hydrogen-bond donors (Lipinski definition) is 1. The van der Waals surface area contributed by atoms with E-state index in [1.807, 2.05) is 6.92 Å². The Hall–Kier alpha value is -3.15. The average Bonchev–Trinajstić information content (AvgIpc) is 3.30. The minimum absolute atomic E-state index is 0.0644. The molecule has 2 heterocycles. The van der Waals surface area contributed by atoms with E-state index < -0.39 is 34.9 Å². The largest absolute Gasteiger partial charge is 0.492 e. The number of alkyl halides is 3. The van der Waals surface area contributed by atoms with E-state index in [1.165, 1.54) is 19.2 Å². The van der Waals surface area contributed by atoms with E-state index >= 15 is 0 Å². The monoisotopic (exact) mass is 542 g/mol. The topological polar surface area (TPSA) is 84.9 Å². The molecule has 2 aromatic carbocycles. The molecule has 2 aromatic rings. The number of likely N-dealkylation sites (tertiary alicyclic amines) is 1. The van der Waals surface area contributed by atoms with Gasteiger partial charge in [0, 0.05) is 13.1 Å². The van der Waals surface area contributed by atoms with E-state index in [2.05, 4.69) is 4.72 Å². The van der Waals surface area contributed by atoms with Crippen LogP contribution in [0.2, 0.25) is 0 Å². The van der Waals surface area contributed by atoms with Crippen LogP contribution in [0.25, 0.3) is 0 Å². The van der Waals surface area contributed by atoms with Crippen molar-refractivity contribution in [3.63, 3.8) is 0 Å². The van der Waals surface area contributed by atoms with Gasteiger partial charge in [0.2, 0.25) is 0 Å². The smallest absolute Gasteiger partial charge is 0.471 e. The molecule has 0 spiro atoms. The third-order valence-corrected chi connectivity index (χ3v) is 7.86. The normalized spacial score (nSPS) is 20.1. The summed E-state index contributed by atoms with van der Waals surface area (Å²) in [4.78, 5) is 25.1. The van der Waals surface area contributed by atoms with Crippen molar-refractivity contribution >= 4 is 28.5 Å². The number of rotatable bonds is 6. The first kappa shape index (κ1) is 26.9. The van der Waals surface area contributed by atoms with Crippen molar-refractivity contribution < 1.29 is 40.8 Å². The summed E-state index contributed by atoms with van der Waals surface area (Å²) < 4.78 is 79.4. The van der Waals surface area contributed by atoms with Crippen LogP contribution in [-0.2, 0) is 26.9 Å². The third-order valence-electron chi connectivity index (χ3n) is 6.65. The second-order valence-electron chi connectivity index (χ2n) is 9.17. The number of anilines is 1. The molecule has 1 saturated heterocycles. The van der Waals surface area contributed by atoms with Gasteiger partial charge in [-0.15, -0.1) is 0 Å². The summed E-state index contributed by atoms with van der Waals surface area (Å²) in [7, 11) is -0.741. The van der Waals surface area contributed by atoms with Gasteiger partial charge in [-0.3, -0.25) is 4.79 Å². The number of methoxy groups -OCH3 is 1. The Kier molecular flexibility index (Phi) is 7.77. The molecule has 3 atom stereocenters. The summed E-state index contributed by atoms with van der Waals surface area (Å²) in [6.45, 7) is 2.21. The summed E-state index contributed by atoms with van der Waals surface area (Å²) in [5, 5.41) is 0. The van der Waals surface area contributed by atoms with E-state index in [4.69, 9.17) is 9.47 Å². The molecule has 2 aliphatic heterocycles. The number of halogens is 4. The maximum absolute atomic E-state index is 14.1. The maximum Gasteiger partial charge on any atom is 0.471 e. The predicted molar refractivity (Wildman–Crippen MR) is 127 cm³/mol. The van der Waals surface area contributed by atoms with Crippen LogP contribution in [0.4, 0.5) is 23.2 Å². The summed E-state index contributed by atoms with van der Waals surface area (Å²) >= 11 is 0. The summed E-state index contributed by atoms with van der Waals surface area (Å²) in [6, 6.07) is 7.03. The molecule has 200 valence electrons. The lowest BCUT2D eigenvalue weighted by Gasteiger charge is -2.26. The van der Waals surface area contributed by atoms with Gasteiger partial charge in [0.25, 0.3) is 0 Å². The Morgan fingerprint density at radius 3 is 2.68 bits per heavy atom. The minimum Gasteiger partial charge on any atom is -0.492 e. The fraction of sp³-hybridized carbons (Fsp3) is 0.440. The lowest BCUT2D eigenvalue weighted by Crippen LogP contribution is -2.39. The van der Waals surface area contributed by atoms with E-state index in [9.17, 15) is 31.4 Å². The first-order valence-electron chi connectivity index (χ1n) is 11.7. The van der Waals surface area contributed by atoms with Crippen LogP contribution in [0.1, 0.15) is 47.2 Å². The first-order chi connectivity index (χ1) is 17.5. The lowest BCUT2D eigenvalue weighted by molar-refractivity contribution is -0.184. The van der Waals surface area contributed by atoms with Crippen LogP contribution >= 0.6 is 0 Å². The quantitative estimate of drug-likeness (QED) is 0.427. The molecule has 1 amide bonds. The molecule has 2 aliphatic rings. The van der Waals surface area contributed by atoms with Gasteiger partial charge in [-0.2, -0.15) is 13.2 Å². The van der Waals surface area contributed by atoms with Gasteiger partial charge in [-0.25, -0.2) is 13.4 Å². The van der Waals surface area contributed by atoms with Gasteiger partial charge in [-0.1, -0.05) is 13.0 Å². The maximum atomic E-state index is 14.1. The number of carbonyl (C=O) groups excluding carboxylic acids is 2. The van der Waals surface area contributed by atoms with Crippen molar-refractivity contribution in [3.8, 4) is 5.75 Å². The molecule has 0 bridgehead atoms. The van der Waals surface area contributed by atoms with Crippen molar-refractivity contribution in [3.05, 3.63) is 52.8 Å². The van der Waals surface area contributed by atoms with Crippen LogP contribution in [0.5, 0.6) is 5.75 Å². The molecule has 1 fully saturated rings. The number of nitrogens with one attached hydrogen (secondary N) is 1. The molecule has 0 radical (unpaired) electrons. The predicted octanol–water partition coefficient (Wildman–Crippen LogP) is 4.59. The number of hydrogen-bond acceptors (Lipinski definition) is 5. The van der Waals surface area contributed by atoms with Gasteiger partial charge in [0.1, 0.15) is 17.1 Å². The summed E-state index contributed by atoms with van der Waals surface area (Å²) in [5.74, 6) is -3.04. The number of esters is 1. The first-order valence-corrected chi connectivity index (χ1v) is 12.9. The van der Waals surface area contributed by atoms with Crippen LogP contribution < -0.4 is 9.46 Å². The average molecular weight is 543 g/mol.